The molecule has 5 rings (SSSR count). The molecule has 3 heteroatoms. The first-order valence-corrected chi connectivity index (χ1v) is 8.20. The minimum Gasteiger partial charge on any atom is -0.508 e. The SMILES string of the molecule is Cc1cc(O)ccc1NC(=O)C1C2CC3CC(C2)CC1C3. The Balaban J connectivity index is 1.52. The first kappa shape index (κ1) is 13.2. The number of hydrogen-bond acceptors (Lipinski definition) is 2. The zero-order chi connectivity index (χ0) is 14.6. The van der Waals surface area contributed by atoms with E-state index in [0.29, 0.717) is 11.8 Å². The average Bonchev–Trinajstić information content (AvgIpc) is 2.40. The number of carbonyl (C=O) groups is 1. The summed E-state index contributed by atoms with van der Waals surface area (Å²) in [4.78, 5) is 12.8. The maximum absolute atomic E-state index is 12.8. The summed E-state index contributed by atoms with van der Waals surface area (Å²) in [5.41, 5.74) is 1.76. The molecule has 0 unspecified atom stereocenters. The van der Waals surface area contributed by atoms with Crippen molar-refractivity contribution in [2.45, 2.75) is 39.0 Å². The number of nitrogens with one attached hydrogen (secondary N) is 1. The van der Waals surface area contributed by atoms with Crippen LogP contribution in [0.15, 0.2) is 18.2 Å². The highest BCUT2D eigenvalue weighted by Gasteiger charge is 2.50. The number of anilines is 1. The predicted octanol–water partition coefficient (Wildman–Crippen LogP) is 3.71. The molecule has 112 valence electrons. The number of carbonyl (C=O) groups excluding carboxylic acids is 1. The summed E-state index contributed by atoms with van der Waals surface area (Å²) in [6.07, 6.45) is 6.47. The van der Waals surface area contributed by atoms with E-state index >= 15 is 0 Å². The summed E-state index contributed by atoms with van der Waals surface area (Å²) < 4.78 is 0. The molecule has 0 aliphatic heterocycles. The van der Waals surface area contributed by atoms with Crippen LogP contribution in [-0.4, -0.2) is 11.0 Å². The van der Waals surface area contributed by atoms with E-state index in [1.165, 1.54) is 32.1 Å². The van der Waals surface area contributed by atoms with Crippen LogP contribution in [0.2, 0.25) is 0 Å². The van der Waals surface area contributed by atoms with Gasteiger partial charge in [0.15, 0.2) is 0 Å². The molecule has 0 heterocycles. The zero-order valence-electron chi connectivity index (χ0n) is 12.5. The van der Waals surface area contributed by atoms with Gasteiger partial charge in [0.25, 0.3) is 0 Å². The second-order valence-corrected chi connectivity index (χ2v) is 7.44. The number of aromatic hydroxyl groups is 1. The molecule has 4 aliphatic carbocycles. The second kappa shape index (κ2) is 4.75. The van der Waals surface area contributed by atoms with Crippen molar-refractivity contribution < 1.29 is 9.90 Å². The van der Waals surface area contributed by atoms with E-state index in [1.54, 1.807) is 18.2 Å². The van der Waals surface area contributed by atoms with Crippen LogP contribution in [0, 0.1) is 36.5 Å². The quantitative estimate of drug-likeness (QED) is 0.814. The Kier molecular flexibility index (Phi) is 2.98. The van der Waals surface area contributed by atoms with Crippen LogP contribution < -0.4 is 5.32 Å². The standard InChI is InChI=1S/C18H23NO2/c1-10-4-15(20)2-3-16(10)19-18(21)17-13-6-11-5-12(8-13)9-14(17)7-11/h2-4,11-14,17,20H,5-9H2,1H3,(H,19,21). The van der Waals surface area contributed by atoms with E-state index in [9.17, 15) is 9.90 Å². The van der Waals surface area contributed by atoms with Crippen LogP contribution in [0.3, 0.4) is 0 Å². The molecule has 0 atom stereocenters. The second-order valence-electron chi connectivity index (χ2n) is 7.44. The lowest BCUT2D eigenvalue weighted by atomic mass is 9.51. The van der Waals surface area contributed by atoms with Gasteiger partial charge >= 0.3 is 0 Å². The minimum atomic E-state index is 0.206. The zero-order valence-corrected chi connectivity index (χ0v) is 12.5. The summed E-state index contributed by atoms with van der Waals surface area (Å²) in [6.45, 7) is 1.92. The molecule has 4 saturated carbocycles. The molecule has 4 bridgehead atoms. The van der Waals surface area contributed by atoms with Crippen molar-refractivity contribution in [1.29, 1.82) is 0 Å². The minimum absolute atomic E-state index is 0.206. The van der Waals surface area contributed by atoms with E-state index in [2.05, 4.69) is 5.32 Å². The number of aryl methyl sites for hydroxylation is 1. The Morgan fingerprint density at radius 3 is 2.29 bits per heavy atom. The molecule has 1 aromatic carbocycles. The number of phenols is 1. The molecular formula is C18H23NO2. The highest BCUT2D eigenvalue weighted by molar-refractivity contribution is 5.94. The van der Waals surface area contributed by atoms with Crippen molar-refractivity contribution >= 4 is 11.6 Å². The summed E-state index contributed by atoms with van der Waals surface area (Å²) >= 11 is 0. The Bertz CT molecular complexity index is 553. The third-order valence-corrected chi connectivity index (χ3v) is 6.00. The van der Waals surface area contributed by atoms with Gasteiger partial charge in [0.05, 0.1) is 0 Å². The number of phenolic OH excluding ortho intramolecular Hbond substituents is 1. The van der Waals surface area contributed by atoms with Gasteiger partial charge in [-0.05, 0) is 86.5 Å². The average molecular weight is 285 g/mol. The maximum Gasteiger partial charge on any atom is 0.228 e. The molecule has 0 saturated heterocycles. The normalized spacial score (nSPS) is 36.7. The molecule has 3 nitrogen and oxygen atoms in total. The molecular weight excluding hydrogens is 262 g/mol. The number of hydrogen-bond donors (Lipinski definition) is 2. The van der Waals surface area contributed by atoms with Crippen LogP contribution in [0.1, 0.15) is 37.7 Å². The largest absolute Gasteiger partial charge is 0.508 e. The van der Waals surface area contributed by atoms with Crippen LogP contribution in [0.25, 0.3) is 0 Å². The first-order valence-electron chi connectivity index (χ1n) is 8.20. The first-order chi connectivity index (χ1) is 10.1. The van der Waals surface area contributed by atoms with Gasteiger partial charge in [-0.25, -0.2) is 0 Å². The highest BCUT2D eigenvalue weighted by atomic mass is 16.3. The van der Waals surface area contributed by atoms with E-state index in [4.69, 9.17) is 0 Å². The molecule has 1 aromatic rings. The number of rotatable bonds is 2. The lowest BCUT2D eigenvalue weighted by Crippen LogP contribution is -2.49. The predicted molar refractivity (Wildman–Crippen MR) is 82.0 cm³/mol. The van der Waals surface area contributed by atoms with Crippen molar-refractivity contribution in [1.82, 2.24) is 0 Å². The van der Waals surface area contributed by atoms with Crippen molar-refractivity contribution in [3.63, 3.8) is 0 Å². The van der Waals surface area contributed by atoms with E-state index in [-0.39, 0.29) is 17.6 Å². The van der Waals surface area contributed by atoms with Crippen LogP contribution in [-0.2, 0) is 4.79 Å². The van der Waals surface area contributed by atoms with Crippen molar-refractivity contribution in [3.8, 4) is 5.75 Å². The van der Waals surface area contributed by atoms with Crippen molar-refractivity contribution in [3.05, 3.63) is 23.8 Å². The molecule has 0 spiro atoms. The molecule has 4 fully saturated rings. The monoisotopic (exact) mass is 285 g/mol. The molecule has 21 heavy (non-hydrogen) atoms. The topological polar surface area (TPSA) is 49.3 Å². The van der Waals surface area contributed by atoms with Crippen molar-refractivity contribution in [2.24, 2.45) is 29.6 Å². The van der Waals surface area contributed by atoms with Gasteiger partial charge < -0.3 is 10.4 Å². The molecule has 2 N–H and O–H groups in total. The Morgan fingerprint density at radius 2 is 1.71 bits per heavy atom. The summed E-state index contributed by atoms with van der Waals surface area (Å²) in [6, 6.07) is 5.14. The molecule has 0 aromatic heterocycles. The number of amides is 1. The molecule has 0 radical (unpaired) electrons. The van der Waals surface area contributed by atoms with E-state index < -0.39 is 0 Å². The maximum atomic E-state index is 12.8. The van der Waals surface area contributed by atoms with Gasteiger partial charge in [-0.3, -0.25) is 4.79 Å². The summed E-state index contributed by atoms with van der Waals surface area (Å²) in [7, 11) is 0. The van der Waals surface area contributed by atoms with Gasteiger partial charge in [0.2, 0.25) is 5.91 Å². The number of benzene rings is 1. The van der Waals surface area contributed by atoms with Gasteiger partial charge in [-0.15, -0.1) is 0 Å². The smallest absolute Gasteiger partial charge is 0.228 e. The highest BCUT2D eigenvalue weighted by Crippen LogP contribution is 2.56. The fraction of sp³-hybridized carbons (Fsp3) is 0.611. The van der Waals surface area contributed by atoms with Crippen molar-refractivity contribution in [2.75, 3.05) is 5.32 Å². The summed E-state index contributed by atoms with van der Waals surface area (Å²) in [5, 5.41) is 12.6. The third-order valence-electron chi connectivity index (χ3n) is 6.00. The van der Waals surface area contributed by atoms with Gasteiger partial charge in [0.1, 0.15) is 5.75 Å². The Hall–Kier alpha value is -1.51. The molecule has 4 aliphatic rings. The third kappa shape index (κ3) is 2.23. The Labute approximate surface area is 125 Å². The van der Waals surface area contributed by atoms with Crippen LogP contribution in [0.5, 0.6) is 5.75 Å². The van der Waals surface area contributed by atoms with Crippen LogP contribution in [0.4, 0.5) is 5.69 Å². The molecule has 1 amide bonds. The fourth-order valence-corrected chi connectivity index (χ4v) is 5.36. The van der Waals surface area contributed by atoms with Gasteiger partial charge in [0, 0.05) is 11.6 Å². The Morgan fingerprint density at radius 1 is 1.10 bits per heavy atom. The fourth-order valence-electron chi connectivity index (χ4n) is 5.36. The lowest BCUT2D eigenvalue weighted by Gasteiger charge is -2.53. The van der Waals surface area contributed by atoms with E-state index in [0.717, 1.165) is 23.1 Å². The van der Waals surface area contributed by atoms with Gasteiger partial charge in [-0.2, -0.15) is 0 Å². The van der Waals surface area contributed by atoms with Gasteiger partial charge in [-0.1, -0.05) is 0 Å². The summed E-state index contributed by atoms with van der Waals surface area (Å²) in [5.74, 6) is 3.68. The van der Waals surface area contributed by atoms with E-state index in [1.807, 2.05) is 6.92 Å². The lowest BCUT2D eigenvalue weighted by molar-refractivity contribution is -0.132. The van der Waals surface area contributed by atoms with Crippen LogP contribution >= 0.6 is 0 Å².